The standard InChI is InChI=1S/C19H13ClF3N7OS/c20-7-1-4-13-9(5-7)12(6-8-10(21)2-3-11(22)14(8)23)29-30(13)18-27-16(24)15(17(25)28-18)26-19(31)32/h1-5H,6H2,(H2,26,31,32)(H4,24,25,27,28). The van der Waals surface area contributed by atoms with Gasteiger partial charge in [0, 0.05) is 22.4 Å². The number of fused-ring (bicyclic) bond motifs is 1. The van der Waals surface area contributed by atoms with Crippen molar-refractivity contribution in [3.05, 3.63) is 64.1 Å². The fourth-order valence-electron chi connectivity index (χ4n) is 3.15. The number of carbonyl (C=O) groups is 1. The van der Waals surface area contributed by atoms with E-state index in [4.69, 9.17) is 23.1 Å². The Balaban J connectivity index is 1.88. The fraction of sp³-hybridized carbons (Fsp3) is 0.0526. The van der Waals surface area contributed by atoms with Gasteiger partial charge in [-0.25, -0.2) is 13.2 Å². The second-order valence-corrected chi connectivity index (χ2v) is 7.46. The third-order valence-electron chi connectivity index (χ3n) is 4.58. The molecule has 0 saturated carbocycles. The quantitative estimate of drug-likeness (QED) is 0.258. The lowest BCUT2D eigenvalue weighted by Gasteiger charge is -2.10. The van der Waals surface area contributed by atoms with Crippen molar-refractivity contribution in [2.45, 2.75) is 6.42 Å². The molecule has 5 N–H and O–H groups in total. The van der Waals surface area contributed by atoms with Crippen LogP contribution in [0.4, 0.5) is 35.3 Å². The molecular weight excluding hydrogens is 467 g/mol. The molecule has 0 aliphatic rings. The number of aromatic nitrogens is 4. The summed E-state index contributed by atoms with van der Waals surface area (Å²) in [7, 11) is 0. The molecule has 0 bridgehead atoms. The van der Waals surface area contributed by atoms with Gasteiger partial charge in [-0.3, -0.25) is 4.79 Å². The highest BCUT2D eigenvalue weighted by Crippen LogP contribution is 2.30. The number of benzene rings is 2. The van der Waals surface area contributed by atoms with Crippen LogP contribution in [0.5, 0.6) is 0 Å². The van der Waals surface area contributed by atoms with E-state index in [2.05, 4.69) is 33.0 Å². The molecule has 0 fully saturated rings. The molecule has 1 amide bonds. The highest BCUT2D eigenvalue weighted by molar-refractivity contribution is 7.96. The number of nitrogens with one attached hydrogen (secondary N) is 1. The Morgan fingerprint density at radius 2 is 1.75 bits per heavy atom. The summed E-state index contributed by atoms with van der Waals surface area (Å²) in [6, 6.07) is 6.22. The van der Waals surface area contributed by atoms with Crippen LogP contribution in [0.15, 0.2) is 30.3 Å². The minimum atomic E-state index is -1.31. The van der Waals surface area contributed by atoms with Gasteiger partial charge in [0.1, 0.15) is 11.5 Å². The third kappa shape index (κ3) is 3.89. The normalized spacial score (nSPS) is 11.2. The average Bonchev–Trinajstić information content (AvgIpc) is 3.08. The molecule has 0 unspecified atom stereocenters. The molecule has 0 aliphatic heterocycles. The predicted molar refractivity (Wildman–Crippen MR) is 118 cm³/mol. The van der Waals surface area contributed by atoms with Gasteiger partial charge < -0.3 is 16.8 Å². The summed E-state index contributed by atoms with van der Waals surface area (Å²) in [5.74, 6) is -3.81. The molecule has 4 aromatic rings. The van der Waals surface area contributed by atoms with Gasteiger partial charge in [-0.2, -0.15) is 19.7 Å². The first-order chi connectivity index (χ1) is 15.2. The topological polar surface area (TPSA) is 125 Å². The van der Waals surface area contributed by atoms with Gasteiger partial charge >= 0.3 is 0 Å². The average molecular weight is 480 g/mol. The molecule has 32 heavy (non-hydrogen) atoms. The Morgan fingerprint density at radius 1 is 1.09 bits per heavy atom. The van der Waals surface area contributed by atoms with Crippen LogP contribution in [0.3, 0.4) is 0 Å². The van der Waals surface area contributed by atoms with Crippen LogP contribution in [0.1, 0.15) is 11.3 Å². The number of amides is 1. The second-order valence-electron chi connectivity index (χ2n) is 6.62. The number of nitrogens with two attached hydrogens (primary N) is 2. The summed E-state index contributed by atoms with van der Waals surface area (Å²) >= 11 is 9.69. The van der Waals surface area contributed by atoms with Crippen molar-refractivity contribution in [2.75, 3.05) is 16.8 Å². The second kappa shape index (κ2) is 8.20. The van der Waals surface area contributed by atoms with E-state index < -0.39 is 28.3 Å². The van der Waals surface area contributed by atoms with Crippen molar-refractivity contribution < 1.29 is 18.0 Å². The van der Waals surface area contributed by atoms with E-state index >= 15 is 0 Å². The van der Waals surface area contributed by atoms with Gasteiger partial charge in [-0.05, 0) is 30.3 Å². The maximum Gasteiger partial charge on any atom is 0.280 e. The smallest absolute Gasteiger partial charge is 0.280 e. The molecule has 2 aromatic carbocycles. The number of nitrogen functional groups attached to an aromatic ring is 2. The molecule has 8 nitrogen and oxygen atoms in total. The summed E-state index contributed by atoms with van der Waals surface area (Å²) in [5.41, 5.74) is 11.8. The molecule has 2 aromatic heterocycles. The Hall–Kier alpha value is -3.51. The Kier molecular flexibility index (Phi) is 5.57. The molecule has 0 atom stereocenters. The highest BCUT2D eigenvalue weighted by atomic mass is 35.5. The lowest BCUT2D eigenvalue weighted by atomic mass is 10.1. The van der Waals surface area contributed by atoms with E-state index in [-0.39, 0.29) is 35.4 Å². The monoisotopic (exact) mass is 479 g/mol. The van der Waals surface area contributed by atoms with Crippen LogP contribution in [0.25, 0.3) is 16.9 Å². The SMILES string of the molecule is Nc1nc(-n2nc(Cc3c(F)ccc(F)c3F)c3cc(Cl)ccc32)nc(N)c1NC(=O)S. The van der Waals surface area contributed by atoms with Gasteiger partial charge in [0.2, 0.25) is 0 Å². The summed E-state index contributed by atoms with van der Waals surface area (Å²) in [4.78, 5) is 19.4. The van der Waals surface area contributed by atoms with Crippen molar-refractivity contribution in [3.63, 3.8) is 0 Å². The zero-order valence-corrected chi connectivity index (χ0v) is 17.6. The minimum absolute atomic E-state index is 0.0302. The van der Waals surface area contributed by atoms with Crippen LogP contribution in [0.2, 0.25) is 5.02 Å². The zero-order valence-electron chi connectivity index (χ0n) is 15.9. The van der Waals surface area contributed by atoms with E-state index in [0.29, 0.717) is 22.0 Å². The highest BCUT2D eigenvalue weighted by Gasteiger charge is 2.21. The summed E-state index contributed by atoms with van der Waals surface area (Å²) in [6.07, 6.45) is -0.377. The number of hydrogen-bond acceptors (Lipinski definition) is 6. The molecule has 0 aliphatic carbocycles. The van der Waals surface area contributed by atoms with Crippen molar-refractivity contribution in [3.8, 4) is 5.95 Å². The summed E-state index contributed by atoms with van der Waals surface area (Å²) in [5, 5.41) is 6.69. The molecule has 0 radical (unpaired) electrons. The molecule has 4 rings (SSSR count). The van der Waals surface area contributed by atoms with Crippen molar-refractivity contribution in [1.29, 1.82) is 0 Å². The predicted octanol–water partition coefficient (Wildman–Crippen LogP) is 4.10. The summed E-state index contributed by atoms with van der Waals surface area (Å²) < 4.78 is 43.4. The van der Waals surface area contributed by atoms with E-state index in [9.17, 15) is 18.0 Å². The Bertz CT molecular complexity index is 1370. The molecule has 164 valence electrons. The number of hydrogen-bond donors (Lipinski definition) is 4. The van der Waals surface area contributed by atoms with E-state index in [1.54, 1.807) is 12.1 Å². The largest absolute Gasteiger partial charge is 0.382 e. The van der Waals surface area contributed by atoms with Gasteiger partial charge in [0.05, 0.1) is 11.2 Å². The van der Waals surface area contributed by atoms with E-state index in [0.717, 1.165) is 6.07 Å². The third-order valence-corrected chi connectivity index (χ3v) is 4.92. The van der Waals surface area contributed by atoms with Gasteiger partial charge in [0.25, 0.3) is 11.2 Å². The van der Waals surface area contributed by atoms with Gasteiger partial charge in [-0.1, -0.05) is 24.2 Å². The minimum Gasteiger partial charge on any atom is -0.382 e. The first-order valence-electron chi connectivity index (χ1n) is 8.88. The Morgan fingerprint density at radius 3 is 2.41 bits per heavy atom. The molecule has 0 spiro atoms. The number of thiol groups is 1. The lowest BCUT2D eigenvalue weighted by Crippen LogP contribution is -2.14. The molecule has 13 heteroatoms. The molecule has 0 saturated heterocycles. The number of anilines is 3. The number of halogens is 4. The van der Waals surface area contributed by atoms with Gasteiger partial charge in [-0.15, -0.1) is 0 Å². The number of carbonyl (C=O) groups excluding carboxylic acids is 1. The fourth-order valence-corrected chi connectivity index (χ4v) is 3.43. The lowest BCUT2D eigenvalue weighted by molar-refractivity contribution is 0.270. The van der Waals surface area contributed by atoms with Crippen LogP contribution >= 0.6 is 24.2 Å². The van der Waals surface area contributed by atoms with E-state index in [1.807, 2.05) is 0 Å². The first-order valence-corrected chi connectivity index (χ1v) is 9.71. The first kappa shape index (κ1) is 21.7. The van der Waals surface area contributed by atoms with Gasteiger partial charge in [0.15, 0.2) is 23.3 Å². The molecular formula is C19H13ClF3N7OS. The zero-order chi connectivity index (χ0) is 23.2. The van der Waals surface area contributed by atoms with Crippen molar-refractivity contribution in [1.82, 2.24) is 19.7 Å². The number of nitrogens with zero attached hydrogens (tertiary/aromatic N) is 4. The van der Waals surface area contributed by atoms with Crippen LogP contribution in [0, 0.1) is 17.5 Å². The maximum absolute atomic E-state index is 14.2. The van der Waals surface area contributed by atoms with E-state index in [1.165, 1.54) is 10.7 Å². The molecule has 2 heterocycles. The van der Waals surface area contributed by atoms with Crippen LogP contribution in [-0.2, 0) is 6.42 Å². The van der Waals surface area contributed by atoms with Crippen LogP contribution in [-0.4, -0.2) is 25.0 Å². The maximum atomic E-state index is 14.2. The Labute approximate surface area is 188 Å². The van der Waals surface area contributed by atoms with Crippen LogP contribution < -0.4 is 16.8 Å². The summed E-state index contributed by atoms with van der Waals surface area (Å²) in [6.45, 7) is 0. The van der Waals surface area contributed by atoms with Crippen molar-refractivity contribution in [2.24, 2.45) is 0 Å². The van der Waals surface area contributed by atoms with Crippen molar-refractivity contribution >= 4 is 57.7 Å². The number of rotatable bonds is 4.